The summed E-state index contributed by atoms with van der Waals surface area (Å²) >= 11 is 0. The molecule has 1 fully saturated rings. The maximum absolute atomic E-state index is 6.00. The van der Waals surface area contributed by atoms with E-state index in [0.717, 1.165) is 35.4 Å². The zero-order chi connectivity index (χ0) is 20.2. The summed E-state index contributed by atoms with van der Waals surface area (Å²) in [7, 11) is 0. The van der Waals surface area contributed by atoms with Gasteiger partial charge in [-0.1, -0.05) is 35.5 Å². The number of aliphatic imine (C=N–C) groups is 1. The number of hydrogen-bond donors (Lipinski definition) is 3. The van der Waals surface area contributed by atoms with Crippen molar-refractivity contribution in [3.8, 4) is 11.3 Å². The molecule has 0 spiro atoms. The Bertz CT molecular complexity index is 1050. The van der Waals surface area contributed by atoms with Crippen LogP contribution in [0.15, 0.2) is 63.9 Å². The number of nitrogens with zero attached hydrogens (tertiary/aromatic N) is 4. The minimum atomic E-state index is 0.338. The first-order chi connectivity index (χ1) is 14.1. The van der Waals surface area contributed by atoms with Crippen molar-refractivity contribution in [3.63, 3.8) is 0 Å². The Hall–Kier alpha value is -3.68. The number of anilines is 1. The van der Waals surface area contributed by atoms with Crippen molar-refractivity contribution in [2.75, 3.05) is 5.32 Å². The molecular formula is C21H23N7O. The summed E-state index contributed by atoms with van der Waals surface area (Å²) in [5, 5.41) is 7.23. The third kappa shape index (κ3) is 4.78. The Labute approximate surface area is 168 Å². The van der Waals surface area contributed by atoms with E-state index in [1.54, 1.807) is 12.3 Å². The van der Waals surface area contributed by atoms with Crippen LogP contribution in [0, 0.1) is 12.8 Å². The first-order valence-corrected chi connectivity index (χ1v) is 9.48. The van der Waals surface area contributed by atoms with Crippen molar-refractivity contribution >= 4 is 17.6 Å². The molecule has 148 valence electrons. The molecule has 29 heavy (non-hydrogen) atoms. The van der Waals surface area contributed by atoms with E-state index in [1.807, 2.05) is 43.3 Å². The Morgan fingerprint density at radius 3 is 2.83 bits per heavy atom. The highest BCUT2D eigenvalue weighted by atomic mass is 16.5. The third-order valence-electron chi connectivity index (χ3n) is 4.59. The molecule has 1 aliphatic rings. The lowest BCUT2D eigenvalue weighted by molar-refractivity contribution is 0.390. The van der Waals surface area contributed by atoms with E-state index in [9.17, 15) is 0 Å². The van der Waals surface area contributed by atoms with Crippen molar-refractivity contribution in [3.05, 3.63) is 65.7 Å². The maximum Gasteiger partial charge on any atom is 0.225 e. The standard InChI is InChI=1S/C21H23N7O/c1-13-11-24-21(27-20(13)26-19(23)10-17(22)14-7-8-14)25-12-16-9-18(28-29-16)15-5-3-2-4-6-15/h2-6,9-11,14H,7-8,12,22H2,1H3,(H3,23,24,25,26,27). The van der Waals surface area contributed by atoms with E-state index in [-0.39, 0.29) is 0 Å². The zero-order valence-corrected chi connectivity index (χ0v) is 16.2. The minimum absolute atomic E-state index is 0.338. The molecule has 0 saturated heterocycles. The van der Waals surface area contributed by atoms with Crippen LogP contribution in [0.1, 0.15) is 24.2 Å². The molecule has 2 aromatic heterocycles. The van der Waals surface area contributed by atoms with Crippen LogP contribution in [0.4, 0.5) is 11.8 Å². The molecule has 8 nitrogen and oxygen atoms in total. The number of aryl methyl sites for hydroxylation is 1. The molecule has 0 unspecified atom stereocenters. The Morgan fingerprint density at radius 1 is 1.28 bits per heavy atom. The molecule has 1 aliphatic carbocycles. The number of amidine groups is 1. The second-order valence-electron chi connectivity index (χ2n) is 7.05. The first-order valence-electron chi connectivity index (χ1n) is 9.48. The number of hydrogen-bond acceptors (Lipinski definition) is 7. The van der Waals surface area contributed by atoms with E-state index < -0.39 is 0 Å². The van der Waals surface area contributed by atoms with E-state index in [2.05, 4.69) is 25.4 Å². The van der Waals surface area contributed by atoms with Crippen molar-refractivity contribution in [2.24, 2.45) is 22.4 Å². The average Bonchev–Trinajstić information content (AvgIpc) is 3.47. The van der Waals surface area contributed by atoms with Gasteiger partial charge in [-0.3, -0.25) is 0 Å². The van der Waals surface area contributed by atoms with Crippen LogP contribution in [0.3, 0.4) is 0 Å². The molecule has 8 heteroatoms. The van der Waals surface area contributed by atoms with Crippen LogP contribution in [0.2, 0.25) is 0 Å². The summed E-state index contributed by atoms with van der Waals surface area (Å²) in [6, 6.07) is 11.7. The largest absolute Gasteiger partial charge is 0.402 e. The van der Waals surface area contributed by atoms with Crippen molar-refractivity contribution in [2.45, 2.75) is 26.3 Å². The van der Waals surface area contributed by atoms with E-state index in [1.165, 1.54) is 0 Å². The van der Waals surface area contributed by atoms with Crippen molar-refractivity contribution < 1.29 is 4.52 Å². The summed E-state index contributed by atoms with van der Waals surface area (Å²) < 4.78 is 5.39. The highest BCUT2D eigenvalue weighted by molar-refractivity contribution is 5.93. The molecule has 0 bridgehead atoms. The predicted octanol–water partition coefficient (Wildman–Crippen LogP) is 3.29. The molecule has 4 rings (SSSR count). The molecule has 3 aromatic rings. The molecule has 0 radical (unpaired) electrons. The average molecular weight is 389 g/mol. The highest BCUT2D eigenvalue weighted by Gasteiger charge is 2.24. The number of allylic oxidation sites excluding steroid dienone is 1. The second-order valence-corrected chi connectivity index (χ2v) is 7.05. The van der Waals surface area contributed by atoms with E-state index >= 15 is 0 Å². The summed E-state index contributed by atoms with van der Waals surface area (Å²) in [4.78, 5) is 13.1. The fourth-order valence-electron chi connectivity index (χ4n) is 2.80. The molecule has 5 N–H and O–H groups in total. The summed E-state index contributed by atoms with van der Waals surface area (Å²) in [6.45, 7) is 2.28. The van der Waals surface area contributed by atoms with Gasteiger partial charge < -0.3 is 21.3 Å². The molecule has 0 amide bonds. The van der Waals surface area contributed by atoms with Crippen LogP contribution in [-0.2, 0) is 6.54 Å². The van der Waals surface area contributed by atoms with Gasteiger partial charge in [0.15, 0.2) is 11.6 Å². The first kappa shape index (κ1) is 18.7. The Morgan fingerprint density at radius 2 is 2.07 bits per heavy atom. The minimum Gasteiger partial charge on any atom is -0.402 e. The number of benzene rings is 1. The van der Waals surface area contributed by atoms with Gasteiger partial charge >= 0.3 is 0 Å². The fraction of sp³-hybridized carbons (Fsp3) is 0.238. The normalized spacial score (nSPS) is 14.8. The van der Waals surface area contributed by atoms with Crippen LogP contribution >= 0.6 is 0 Å². The monoisotopic (exact) mass is 389 g/mol. The van der Waals surface area contributed by atoms with Gasteiger partial charge in [0.05, 0.1) is 6.54 Å². The number of aromatic nitrogens is 3. The highest BCUT2D eigenvalue weighted by Crippen LogP contribution is 2.33. The van der Waals surface area contributed by atoms with Gasteiger partial charge in [0.2, 0.25) is 5.95 Å². The topological polar surface area (TPSA) is 128 Å². The lowest BCUT2D eigenvalue weighted by Gasteiger charge is -2.05. The second kappa shape index (κ2) is 8.14. The van der Waals surface area contributed by atoms with E-state index in [0.29, 0.717) is 35.8 Å². The number of nitrogens with two attached hydrogens (primary N) is 2. The summed E-state index contributed by atoms with van der Waals surface area (Å²) in [5.41, 5.74) is 15.4. The van der Waals surface area contributed by atoms with Gasteiger partial charge in [-0.15, -0.1) is 0 Å². The molecular weight excluding hydrogens is 366 g/mol. The van der Waals surface area contributed by atoms with Gasteiger partial charge in [0.25, 0.3) is 0 Å². The van der Waals surface area contributed by atoms with Crippen molar-refractivity contribution in [1.82, 2.24) is 15.1 Å². The van der Waals surface area contributed by atoms with Gasteiger partial charge in [-0.05, 0) is 31.8 Å². The summed E-state index contributed by atoms with van der Waals surface area (Å²) in [5.74, 6) is 2.39. The van der Waals surface area contributed by atoms with E-state index in [4.69, 9.17) is 16.0 Å². The molecule has 0 aliphatic heterocycles. The van der Waals surface area contributed by atoms with Gasteiger partial charge in [-0.2, -0.15) is 4.98 Å². The molecule has 2 heterocycles. The summed E-state index contributed by atoms with van der Waals surface area (Å²) in [6.07, 6.45) is 5.64. The fourth-order valence-corrected chi connectivity index (χ4v) is 2.80. The van der Waals surface area contributed by atoms with Crippen LogP contribution in [0.5, 0.6) is 0 Å². The lowest BCUT2D eigenvalue weighted by Crippen LogP contribution is -2.12. The molecule has 1 aromatic carbocycles. The smallest absolute Gasteiger partial charge is 0.225 e. The van der Waals surface area contributed by atoms with Gasteiger partial charge in [0.1, 0.15) is 11.5 Å². The van der Waals surface area contributed by atoms with Crippen LogP contribution in [-0.4, -0.2) is 21.0 Å². The SMILES string of the molecule is Cc1cnc(NCc2cc(-c3ccccc3)no2)nc1N=C(N)C=C(N)C1CC1. The Balaban J connectivity index is 1.44. The van der Waals surface area contributed by atoms with Gasteiger partial charge in [0, 0.05) is 29.1 Å². The quantitative estimate of drug-likeness (QED) is 0.418. The zero-order valence-electron chi connectivity index (χ0n) is 16.2. The number of nitrogens with one attached hydrogen (secondary N) is 1. The predicted molar refractivity (Wildman–Crippen MR) is 112 cm³/mol. The Kier molecular flexibility index (Phi) is 5.24. The van der Waals surface area contributed by atoms with Gasteiger partial charge in [-0.25, -0.2) is 9.98 Å². The van der Waals surface area contributed by atoms with Crippen LogP contribution in [0.25, 0.3) is 11.3 Å². The molecule has 1 saturated carbocycles. The number of rotatable bonds is 7. The lowest BCUT2D eigenvalue weighted by atomic mass is 10.1. The van der Waals surface area contributed by atoms with Crippen molar-refractivity contribution in [1.29, 1.82) is 0 Å². The maximum atomic E-state index is 6.00. The van der Waals surface area contributed by atoms with Crippen LogP contribution < -0.4 is 16.8 Å². The third-order valence-corrected chi connectivity index (χ3v) is 4.59. The molecule has 0 atom stereocenters.